The molecule has 2 atom stereocenters. The van der Waals surface area contributed by atoms with E-state index in [2.05, 4.69) is 27.4 Å². The van der Waals surface area contributed by atoms with Crippen molar-refractivity contribution in [3.63, 3.8) is 0 Å². The van der Waals surface area contributed by atoms with E-state index in [1.807, 2.05) is 38.2 Å². The fourth-order valence-corrected chi connectivity index (χ4v) is 3.09. The lowest BCUT2D eigenvalue weighted by Crippen LogP contribution is -2.39. The van der Waals surface area contributed by atoms with Gasteiger partial charge in [-0.05, 0) is 37.5 Å². The lowest BCUT2D eigenvalue weighted by atomic mass is 10.1. The Morgan fingerprint density at radius 1 is 1.38 bits per heavy atom. The summed E-state index contributed by atoms with van der Waals surface area (Å²) in [5.74, 6) is 1.47. The zero-order valence-corrected chi connectivity index (χ0v) is 16.4. The van der Waals surface area contributed by atoms with Crippen molar-refractivity contribution < 1.29 is 9.53 Å². The minimum atomic E-state index is -0.0177. The molecular formula is C20H32N4O2. The average molecular weight is 361 g/mol. The van der Waals surface area contributed by atoms with Gasteiger partial charge < -0.3 is 20.3 Å². The second-order valence-corrected chi connectivity index (χ2v) is 6.94. The Bertz CT molecular complexity index is 600. The van der Waals surface area contributed by atoms with Gasteiger partial charge in [0.25, 0.3) is 5.91 Å². The molecule has 1 aromatic carbocycles. The molecule has 0 aliphatic carbocycles. The summed E-state index contributed by atoms with van der Waals surface area (Å²) in [5, 5.41) is 6.40. The van der Waals surface area contributed by atoms with Crippen molar-refractivity contribution in [2.24, 2.45) is 10.9 Å². The molecule has 6 nitrogen and oxygen atoms in total. The summed E-state index contributed by atoms with van der Waals surface area (Å²) in [7, 11) is 3.57. The van der Waals surface area contributed by atoms with Crippen LogP contribution in [0.4, 0.5) is 0 Å². The summed E-state index contributed by atoms with van der Waals surface area (Å²) >= 11 is 0. The van der Waals surface area contributed by atoms with Gasteiger partial charge in [-0.25, -0.2) is 0 Å². The molecule has 26 heavy (non-hydrogen) atoms. The predicted octanol–water partition coefficient (Wildman–Crippen LogP) is 2.26. The normalized spacial score (nSPS) is 18.7. The van der Waals surface area contributed by atoms with Crippen LogP contribution in [0.3, 0.4) is 0 Å². The monoisotopic (exact) mass is 360 g/mol. The van der Waals surface area contributed by atoms with Gasteiger partial charge in [-0.2, -0.15) is 0 Å². The van der Waals surface area contributed by atoms with Crippen molar-refractivity contribution in [1.82, 2.24) is 15.5 Å². The number of carbonyl (C=O) groups excluding carboxylic acids is 1. The first-order valence-corrected chi connectivity index (χ1v) is 9.41. The van der Waals surface area contributed by atoms with Crippen molar-refractivity contribution in [3.8, 4) is 0 Å². The number of likely N-dealkylation sites (tertiary alicyclic amines) is 1. The Balaban J connectivity index is 1.86. The van der Waals surface area contributed by atoms with Crippen molar-refractivity contribution in [2.75, 3.05) is 33.9 Å². The molecule has 2 N–H and O–H groups in total. The zero-order chi connectivity index (χ0) is 18.9. The van der Waals surface area contributed by atoms with Crippen LogP contribution >= 0.6 is 0 Å². The Hall–Kier alpha value is -2.08. The molecular weight excluding hydrogens is 328 g/mol. The Labute approximate surface area is 157 Å². The highest BCUT2D eigenvalue weighted by atomic mass is 16.5. The van der Waals surface area contributed by atoms with Crippen molar-refractivity contribution in [3.05, 3.63) is 35.4 Å². The van der Waals surface area contributed by atoms with Crippen LogP contribution in [0.2, 0.25) is 0 Å². The molecule has 0 spiro atoms. The van der Waals surface area contributed by atoms with Crippen LogP contribution < -0.4 is 10.6 Å². The molecule has 1 aliphatic rings. The van der Waals surface area contributed by atoms with Gasteiger partial charge in [0, 0.05) is 51.3 Å². The number of amides is 1. The summed E-state index contributed by atoms with van der Waals surface area (Å²) in [6, 6.07) is 7.92. The molecule has 0 aromatic heterocycles. The lowest BCUT2D eigenvalue weighted by Gasteiger charge is -2.21. The first kappa shape index (κ1) is 20.2. The van der Waals surface area contributed by atoms with Gasteiger partial charge >= 0.3 is 0 Å². The molecule has 1 heterocycles. The highest BCUT2D eigenvalue weighted by molar-refractivity contribution is 5.94. The van der Waals surface area contributed by atoms with Crippen LogP contribution in [0.1, 0.15) is 42.6 Å². The van der Waals surface area contributed by atoms with E-state index in [1.54, 1.807) is 7.11 Å². The number of carbonyl (C=O) groups is 1. The lowest BCUT2D eigenvalue weighted by molar-refractivity contribution is 0.0939. The number of benzene rings is 1. The quantitative estimate of drug-likeness (QED) is 0.578. The summed E-state index contributed by atoms with van der Waals surface area (Å²) in [5.41, 5.74) is 1.82. The Morgan fingerprint density at radius 3 is 2.73 bits per heavy atom. The van der Waals surface area contributed by atoms with Gasteiger partial charge in [0.2, 0.25) is 0 Å². The van der Waals surface area contributed by atoms with E-state index in [4.69, 9.17) is 4.74 Å². The van der Waals surface area contributed by atoms with Crippen LogP contribution in [0.15, 0.2) is 29.3 Å². The van der Waals surface area contributed by atoms with E-state index in [0.717, 1.165) is 44.1 Å². The molecule has 6 heteroatoms. The second kappa shape index (κ2) is 10.2. The SMILES string of the molecule is CCC(C)NC(=O)c1ccc(CNC(=NC)N2CCC(COC)C2)cc1. The molecule has 2 rings (SSSR count). The molecule has 1 amide bonds. The van der Waals surface area contributed by atoms with Gasteiger partial charge in [0.1, 0.15) is 0 Å². The average Bonchev–Trinajstić information content (AvgIpc) is 3.11. The van der Waals surface area contributed by atoms with Gasteiger partial charge in [-0.3, -0.25) is 9.79 Å². The fraction of sp³-hybridized carbons (Fsp3) is 0.600. The summed E-state index contributed by atoms with van der Waals surface area (Å²) in [4.78, 5) is 18.8. The van der Waals surface area contributed by atoms with E-state index in [1.165, 1.54) is 0 Å². The number of methoxy groups -OCH3 is 1. The number of rotatable bonds is 7. The van der Waals surface area contributed by atoms with Crippen LogP contribution in [-0.2, 0) is 11.3 Å². The smallest absolute Gasteiger partial charge is 0.251 e. The molecule has 0 saturated carbocycles. The fourth-order valence-electron chi connectivity index (χ4n) is 3.09. The van der Waals surface area contributed by atoms with Crippen molar-refractivity contribution in [2.45, 2.75) is 39.3 Å². The van der Waals surface area contributed by atoms with E-state index < -0.39 is 0 Å². The third-order valence-electron chi connectivity index (χ3n) is 4.86. The molecule has 2 unspecified atom stereocenters. The summed E-state index contributed by atoms with van der Waals surface area (Å²) < 4.78 is 5.26. The third-order valence-corrected chi connectivity index (χ3v) is 4.86. The number of nitrogens with zero attached hydrogens (tertiary/aromatic N) is 2. The van der Waals surface area contributed by atoms with Crippen LogP contribution in [0.5, 0.6) is 0 Å². The Morgan fingerprint density at radius 2 is 2.12 bits per heavy atom. The van der Waals surface area contributed by atoms with E-state index in [-0.39, 0.29) is 11.9 Å². The molecule has 1 fully saturated rings. The van der Waals surface area contributed by atoms with E-state index in [9.17, 15) is 4.79 Å². The highest BCUT2D eigenvalue weighted by Crippen LogP contribution is 2.16. The van der Waals surface area contributed by atoms with Crippen molar-refractivity contribution >= 4 is 11.9 Å². The third kappa shape index (κ3) is 5.73. The number of hydrogen-bond donors (Lipinski definition) is 2. The topological polar surface area (TPSA) is 66.0 Å². The summed E-state index contributed by atoms with van der Waals surface area (Å²) in [6.45, 7) is 7.53. The van der Waals surface area contributed by atoms with Gasteiger partial charge in [0.15, 0.2) is 5.96 Å². The molecule has 1 aromatic rings. The second-order valence-electron chi connectivity index (χ2n) is 6.94. The minimum absolute atomic E-state index is 0.0177. The van der Waals surface area contributed by atoms with E-state index >= 15 is 0 Å². The maximum absolute atomic E-state index is 12.1. The number of ether oxygens (including phenoxy) is 1. The highest BCUT2D eigenvalue weighted by Gasteiger charge is 2.24. The molecule has 144 valence electrons. The number of hydrogen-bond acceptors (Lipinski definition) is 3. The molecule has 1 saturated heterocycles. The number of aliphatic imine (C=N–C) groups is 1. The van der Waals surface area contributed by atoms with Gasteiger partial charge in [-0.15, -0.1) is 0 Å². The maximum atomic E-state index is 12.1. The first-order chi connectivity index (χ1) is 12.6. The van der Waals surface area contributed by atoms with Crippen LogP contribution in [-0.4, -0.2) is 56.7 Å². The number of nitrogens with one attached hydrogen (secondary N) is 2. The molecule has 0 radical (unpaired) electrons. The van der Waals surface area contributed by atoms with Crippen molar-refractivity contribution in [1.29, 1.82) is 0 Å². The predicted molar refractivity (Wildman–Crippen MR) is 105 cm³/mol. The van der Waals surface area contributed by atoms with Crippen LogP contribution in [0, 0.1) is 5.92 Å². The first-order valence-electron chi connectivity index (χ1n) is 9.41. The summed E-state index contributed by atoms with van der Waals surface area (Å²) in [6.07, 6.45) is 2.06. The van der Waals surface area contributed by atoms with Gasteiger partial charge in [0.05, 0.1) is 6.61 Å². The van der Waals surface area contributed by atoms with Crippen LogP contribution in [0.25, 0.3) is 0 Å². The number of guanidine groups is 1. The largest absolute Gasteiger partial charge is 0.384 e. The standard InChI is InChI=1S/C20H32N4O2/c1-5-15(2)23-19(25)18-8-6-16(7-9-18)12-22-20(21-3)24-11-10-17(13-24)14-26-4/h6-9,15,17H,5,10-14H2,1-4H3,(H,21,22)(H,23,25). The van der Waals surface area contributed by atoms with Gasteiger partial charge in [-0.1, -0.05) is 19.1 Å². The Kier molecular flexibility index (Phi) is 7.91. The maximum Gasteiger partial charge on any atom is 0.251 e. The zero-order valence-electron chi connectivity index (χ0n) is 16.4. The molecule has 1 aliphatic heterocycles. The van der Waals surface area contributed by atoms with E-state index in [0.29, 0.717) is 18.0 Å². The minimum Gasteiger partial charge on any atom is -0.384 e. The molecule has 0 bridgehead atoms.